The summed E-state index contributed by atoms with van der Waals surface area (Å²) in [5.41, 5.74) is 0.661. The summed E-state index contributed by atoms with van der Waals surface area (Å²) in [6.45, 7) is 9.61. The lowest BCUT2D eigenvalue weighted by Crippen LogP contribution is -2.25. The minimum absolute atomic E-state index is 0.661. The second kappa shape index (κ2) is 3.16. The van der Waals surface area contributed by atoms with E-state index in [1.807, 2.05) is 0 Å². The normalized spacial score (nSPS) is 44.7. The minimum Gasteiger partial charge on any atom is -0.0651 e. The van der Waals surface area contributed by atoms with E-state index in [4.69, 9.17) is 0 Å². The summed E-state index contributed by atoms with van der Waals surface area (Å²) < 4.78 is 0. The molecule has 0 aromatic heterocycles. The monoisotopic (exact) mass is 154 g/mol. The fourth-order valence-corrected chi connectivity index (χ4v) is 2.82. The molecule has 1 aliphatic rings. The smallest absolute Gasteiger partial charge is 0.0275 e. The van der Waals surface area contributed by atoms with Gasteiger partial charge in [-0.2, -0.15) is 0 Å². The van der Waals surface area contributed by atoms with Gasteiger partial charge in [0.05, 0.1) is 0 Å². The minimum atomic E-state index is 0.661. The van der Waals surface area contributed by atoms with Gasteiger partial charge < -0.3 is 0 Å². The molecule has 1 fully saturated rings. The average molecular weight is 154 g/mol. The Labute approximate surface area is 71.4 Å². The molecule has 3 atom stereocenters. The SMILES string of the molecule is CCC1CCC(C)C1(C)CC. The standard InChI is InChI=1S/C11H22/c1-5-10-8-7-9(3)11(10,4)6-2/h9-10H,5-8H2,1-4H3. The molecule has 0 heteroatoms. The van der Waals surface area contributed by atoms with Gasteiger partial charge in [-0.25, -0.2) is 0 Å². The first-order valence-electron chi connectivity index (χ1n) is 5.15. The third-order valence-corrected chi connectivity index (χ3v) is 4.26. The first-order chi connectivity index (χ1) is 5.15. The highest BCUT2D eigenvalue weighted by Gasteiger charge is 2.41. The molecule has 0 N–H and O–H groups in total. The molecule has 0 saturated heterocycles. The van der Waals surface area contributed by atoms with E-state index in [1.54, 1.807) is 0 Å². The Balaban J connectivity index is 2.70. The summed E-state index contributed by atoms with van der Waals surface area (Å²) in [7, 11) is 0. The Kier molecular flexibility index (Phi) is 2.61. The van der Waals surface area contributed by atoms with Gasteiger partial charge >= 0.3 is 0 Å². The second-order valence-corrected chi connectivity index (χ2v) is 4.44. The van der Waals surface area contributed by atoms with Crippen molar-refractivity contribution in [2.75, 3.05) is 0 Å². The van der Waals surface area contributed by atoms with E-state index in [2.05, 4.69) is 27.7 Å². The van der Waals surface area contributed by atoms with Crippen molar-refractivity contribution in [3.63, 3.8) is 0 Å². The molecule has 0 nitrogen and oxygen atoms in total. The molecular formula is C11H22. The van der Waals surface area contributed by atoms with Gasteiger partial charge in [-0.1, -0.05) is 40.5 Å². The van der Waals surface area contributed by atoms with Crippen LogP contribution in [-0.4, -0.2) is 0 Å². The summed E-state index contributed by atoms with van der Waals surface area (Å²) in [4.78, 5) is 0. The van der Waals surface area contributed by atoms with E-state index in [-0.39, 0.29) is 0 Å². The summed E-state index contributed by atoms with van der Waals surface area (Å²) in [6, 6.07) is 0. The van der Waals surface area contributed by atoms with Crippen molar-refractivity contribution < 1.29 is 0 Å². The Morgan fingerprint density at radius 1 is 1.27 bits per heavy atom. The molecule has 1 rings (SSSR count). The van der Waals surface area contributed by atoms with Crippen LogP contribution in [0.2, 0.25) is 0 Å². The fraction of sp³-hybridized carbons (Fsp3) is 1.00. The molecule has 1 saturated carbocycles. The van der Waals surface area contributed by atoms with Crippen LogP contribution in [0, 0.1) is 17.3 Å². The van der Waals surface area contributed by atoms with Crippen LogP contribution in [0.3, 0.4) is 0 Å². The van der Waals surface area contributed by atoms with Crippen LogP contribution in [0.25, 0.3) is 0 Å². The van der Waals surface area contributed by atoms with E-state index in [9.17, 15) is 0 Å². The molecule has 0 heterocycles. The largest absolute Gasteiger partial charge is 0.0651 e. The van der Waals surface area contributed by atoms with Crippen LogP contribution in [0.1, 0.15) is 53.4 Å². The predicted octanol–water partition coefficient (Wildman–Crippen LogP) is 3.86. The van der Waals surface area contributed by atoms with Crippen molar-refractivity contribution in [1.82, 2.24) is 0 Å². The predicted molar refractivity (Wildman–Crippen MR) is 50.6 cm³/mol. The van der Waals surface area contributed by atoms with Gasteiger partial charge in [-0.15, -0.1) is 0 Å². The highest BCUT2D eigenvalue weighted by Crippen LogP contribution is 2.50. The zero-order chi connectivity index (χ0) is 8.48. The molecule has 66 valence electrons. The van der Waals surface area contributed by atoms with Crippen LogP contribution >= 0.6 is 0 Å². The Bertz CT molecular complexity index is 128. The number of hydrogen-bond donors (Lipinski definition) is 0. The van der Waals surface area contributed by atoms with E-state index in [1.165, 1.54) is 25.7 Å². The van der Waals surface area contributed by atoms with Crippen molar-refractivity contribution in [3.05, 3.63) is 0 Å². The van der Waals surface area contributed by atoms with Crippen molar-refractivity contribution in [2.24, 2.45) is 17.3 Å². The van der Waals surface area contributed by atoms with Crippen LogP contribution in [0.5, 0.6) is 0 Å². The summed E-state index contributed by atoms with van der Waals surface area (Å²) in [6.07, 6.45) is 5.69. The van der Waals surface area contributed by atoms with E-state index >= 15 is 0 Å². The fourth-order valence-electron chi connectivity index (χ4n) is 2.82. The van der Waals surface area contributed by atoms with Crippen molar-refractivity contribution in [3.8, 4) is 0 Å². The van der Waals surface area contributed by atoms with Gasteiger partial charge in [0, 0.05) is 0 Å². The van der Waals surface area contributed by atoms with Crippen molar-refractivity contribution in [1.29, 1.82) is 0 Å². The van der Waals surface area contributed by atoms with Crippen LogP contribution in [0.15, 0.2) is 0 Å². The molecule has 1 aliphatic carbocycles. The van der Waals surface area contributed by atoms with Gasteiger partial charge in [-0.05, 0) is 30.1 Å². The van der Waals surface area contributed by atoms with Gasteiger partial charge in [0.15, 0.2) is 0 Å². The van der Waals surface area contributed by atoms with E-state index in [0.717, 1.165) is 11.8 Å². The molecule has 0 aromatic rings. The lowest BCUT2D eigenvalue weighted by atomic mass is 9.71. The first-order valence-corrected chi connectivity index (χ1v) is 5.15. The summed E-state index contributed by atoms with van der Waals surface area (Å²) >= 11 is 0. The van der Waals surface area contributed by atoms with Gasteiger partial charge in [-0.3, -0.25) is 0 Å². The average Bonchev–Trinajstić information content (AvgIpc) is 2.30. The van der Waals surface area contributed by atoms with Crippen LogP contribution in [-0.2, 0) is 0 Å². The first kappa shape index (κ1) is 9.09. The molecule has 11 heavy (non-hydrogen) atoms. The molecular weight excluding hydrogens is 132 g/mol. The number of rotatable bonds is 2. The molecule has 3 unspecified atom stereocenters. The summed E-state index contributed by atoms with van der Waals surface area (Å²) in [5, 5.41) is 0. The lowest BCUT2D eigenvalue weighted by Gasteiger charge is -2.34. The van der Waals surface area contributed by atoms with Gasteiger partial charge in [0.2, 0.25) is 0 Å². The molecule has 0 radical (unpaired) electrons. The molecule has 0 spiro atoms. The van der Waals surface area contributed by atoms with Gasteiger partial charge in [0.1, 0.15) is 0 Å². The second-order valence-electron chi connectivity index (χ2n) is 4.44. The van der Waals surface area contributed by atoms with E-state index < -0.39 is 0 Å². The topological polar surface area (TPSA) is 0 Å². The van der Waals surface area contributed by atoms with E-state index in [0.29, 0.717) is 5.41 Å². The van der Waals surface area contributed by atoms with Crippen LogP contribution < -0.4 is 0 Å². The molecule has 0 aliphatic heterocycles. The maximum atomic E-state index is 2.48. The quantitative estimate of drug-likeness (QED) is 0.566. The third-order valence-electron chi connectivity index (χ3n) is 4.26. The van der Waals surface area contributed by atoms with Crippen molar-refractivity contribution in [2.45, 2.75) is 53.4 Å². The maximum Gasteiger partial charge on any atom is -0.0275 e. The zero-order valence-electron chi connectivity index (χ0n) is 8.48. The highest BCUT2D eigenvalue weighted by molar-refractivity contribution is 4.91. The Morgan fingerprint density at radius 3 is 2.27 bits per heavy atom. The van der Waals surface area contributed by atoms with Crippen molar-refractivity contribution >= 4 is 0 Å². The lowest BCUT2D eigenvalue weighted by molar-refractivity contribution is 0.157. The Hall–Kier alpha value is 0. The molecule has 0 amide bonds. The zero-order valence-corrected chi connectivity index (χ0v) is 8.48. The van der Waals surface area contributed by atoms with Crippen LogP contribution in [0.4, 0.5) is 0 Å². The highest BCUT2D eigenvalue weighted by atomic mass is 14.5. The summed E-state index contributed by atoms with van der Waals surface area (Å²) in [5.74, 6) is 1.96. The van der Waals surface area contributed by atoms with Gasteiger partial charge in [0.25, 0.3) is 0 Å². The third kappa shape index (κ3) is 1.32. The molecule has 0 bridgehead atoms. The Morgan fingerprint density at radius 2 is 1.91 bits per heavy atom. The maximum absolute atomic E-state index is 2.48. The number of hydrogen-bond acceptors (Lipinski definition) is 0. The molecule has 0 aromatic carbocycles.